The van der Waals surface area contributed by atoms with E-state index in [0.717, 1.165) is 6.42 Å². The number of alkyl halides is 2. The van der Waals surface area contributed by atoms with E-state index in [9.17, 15) is 14.4 Å². The molecular formula is C17H18Br2N2O4. The molecule has 7 atom stereocenters. The molecule has 0 spiro atoms. The van der Waals surface area contributed by atoms with E-state index in [1.54, 1.807) is 19.1 Å². The number of rotatable bonds is 4. The van der Waals surface area contributed by atoms with E-state index in [-0.39, 0.29) is 57.6 Å². The summed E-state index contributed by atoms with van der Waals surface area (Å²) in [5.74, 6) is -0.417. The molecule has 3 fully saturated rings. The molecule has 1 aliphatic heterocycles. The van der Waals surface area contributed by atoms with Gasteiger partial charge in [-0.15, -0.1) is 0 Å². The van der Waals surface area contributed by atoms with Gasteiger partial charge in [-0.25, -0.2) is 0 Å². The quantitative estimate of drug-likeness (QED) is 0.536. The van der Waals surface area contributed by atoms with Gasteiger partial charge >= 0.3 is 0 Å². The van der Waals surface area contributed by atoms with Gasteiger partial charge in [0.2, 0.25) is 17.7 Å². The normalized spacial score (nSPS) is 37.5. The van der Waals surface area contributed by atoms with Crippen molar-refractivity contribution >= 4 is 49.6 Å². The van der Waals surface area contributed by atoms with E-state index in [1.165, 1.54) is 11.2 Å². The number of furan rings is 1. The van der Waals surface area contributed by atoms with Crippen LogP contribution in [0.1, 0.15) is 19.1 Å². The zero-order chi connectivity index (χ0) is 17.9. The van der Waals surface area contributed by atoms with Crippen molar-refractivity contribution in [3.63, 3.8) is 0 Å². The summed E-state index contributed by atoms with van der Waals surface area (Å²) < 4.78 is 5.18. The molecule has 6 nitrogen and oxygen atoms in total. The van der Waals surface area contributed by atoms with Gasteiger partial charge in [-0.1, -0.05) is 31.9 Å². The first kappa shape index (κ1) is 17.3. The van der Waals surface area contributed by atoms with E-state index < -0.39 is 6.04 Å². The van der Waals surface area contributed by atoms with E-state index in [0.29, 0.717) is 5.76 Å². The Bertz CT molecular complexity index is 690. The van der Waals surface area contributed by atoms with E-state index >= 15 is 0 Å². The van der Waals surface area contributed by atoms with Crippen molar-refractivity contribution in [3.8, 4) is 0 Å². The van der Waals surface area contributed by atoms with Gasteiger partial charge in [0.05, 0.1) is 24.6 Å². The molecule has 2 heterocycles. The van der Waals surface area contributed by atoms with Gasteiger partial charge in [-0.3, -0.25) is 19.3 Å². The van der Waals surface area contributed by atoms with Gasteiger partial charge in [0.1, 0.15) is 11.8 Å². The first-order chi connectivity index (χ1) is 11.9. The maximum absolute atomic E-state index is 12.9. The molecule has 25 heavy (non-hydrogen) atoms. The molecule has 2 saturated carbocycles. The zero-order valence-electron chi connectivity index (χ0n) is 13.5. The summed E-state index contributed by atoms with van der Waals surface area (Å²) in [7, 11) is 0. The second-order valence-corrected chi connectivity index (χ2v) is 9.14. The molecule has 3 aliphatic rings. The van der Waals surface area contributed by atoms with Crippen molar-refractivity contribution in [3.05, 3.63) is 24.2 Å². The summed E-state index contributed by atoms with van der Waals surface area (Å²) in [4.78, 5) is 39.8. The average Bonchev–Trinajstić information content (AvgIpc) is 3.33. The van der Waals surface area contributed by atoms with Crippen LogP contribution in [0.25, 0.3) is 0 Å². The summed E-state index contributed by atoms with van der Waals surface area (Å²) in [5, 5.41) is 2.73. The Morgan fingerprint density at radius 3 is 2.40 bits per heavy atom. The Kier molecular flexibility index (Phi) is 4.30. The maximum Gasteiger partial charge on any atom is 0.243 e. The highest BCUT2D eigenvalue weighted by Crippen LogP contribution is 2.60. The predicted molar refractivity (Wildman–Crippen MR) is 95.9 cm³/mol. The molecule has 8 heteroatoms. The van der Waals surface area contributed by atoms with Crippen LogP contribution in [-0.2, 0) is 20.9 Å². The van der Waals surface area contributed by atoms with Crippen molar-refractivity contribution in [2.24, 2.45) is 23.7 Å². The van der Waals surface area contributed by atoms with E-state index in [4.69, 9.17) is 4.42 Å². The minimum atomic E-state index is -0.817. The number of imide groups is 1. The fraction of sp³-hybridized carbons (Fsp3) is 0.588. The molecule has 0 unspecified atom stereocenters. The lowest BCUT2D eigenvalue weighted by Gasteiger charge is -2.28. The molecular weight excluding hydrogens is 456 g/mol. The molecule has 1 aromatic rings. The number of nitrogens with zero attached hydrogens (tertiary/aromatic N) is 1. The predicted octanol–water partition coefficient (Wildman–Crippen LogP) is 2.06. The van der Waals surface area contributed by atoms with Gasteiger partial charge in [-0.05, 0) is 37.3 Å². The van der Waals surface area contributed by atoms with Gasteiger partial charge in [-0.2, -0.15) is 0 Å². The average molecular weight is 474 g/mol. The molecule has 4 rings (SSSR count). The monoisotopic (exact) mass is 472 g/mol. The van der Waals surface area contributed by atoms with Gasteiger partial charge in [0.15, 0.2) is 0 Å². The van der Waals surface area contributed by atoms with Crippen LogP contribution in [0.4, 0.5) is 0 Å². The lowest BCUT2D eigenvalue weighted by Crippen LogP contribution is -2.48. The standard InChI is InChI=1S/C17H18Br2N2O4/c1-7(15(22)20-6-8-3-2-4-25-8)21-16(23)11-9-5-10(12(11)17(21)24)14(19)13(9)18/h2-4,7,9-14H,5-6H2,1H3,(H,20,22)/t7-,9+,10+,11+,12+,13-,14+/m1/s1. The smallest absolute Gasteiger partial charge is 0.243 e. The van der Waals surface area contributed by atoms with Gasteiger partial charge in [0, 0.05) is 9.65 Å². The summed E-state index contributed by atoms with van der Waals surface area (Å²) in [6.45, 7) is 1.84. The van der Waals surface area contributed by atoms with Crippen LogP contribution in [0.3, 0.4) is 0 Å². The Morgan fingerprint density at radius 1 is 1.28 bits per heavy atom. The van der Waals surface area contributed by atoms with Gasteiger partial charge < -0.3 is 9.73 Å². The first-order valence-electron chi connectivity index (χ1n) is 8.37. The molecule has 1 aromatic heterocycles. The minimum Gasteiger partial charge on any atom is -0.467 e. The molecule has 2 bridgehead atoms. The number of fused-ring (bicyclic) bond motifs is 5. The van der Waals surface area contributed by atoms with Crippen molar-refractivity contribution in [2.45, 2.75) is 35.6 Å². The van der Waals surface area contributed by atoms with Crippen LogP contribution in [0.15, 0.2) is 22.8 Å². The van der Waals surface area contributed by atoms with Crippen LogP contribution >= 0.6 is 31.9 Å². The number of likely N-dealkylation sites (tertiary alicyclic amines) is 1. The summed E-state index contributed by atoms with van der Waals surface area (Å²) in [5.41, 5.74) is 0. The lowest BCUT2D eigenvalue weighted by molar-refractivity contribution is -0.148. The molecule has 134 valence electrons. The van der Waals surface area contributed by atoms with Crippen LogP contribution in [0.2, 0.25) is 0 Å². The van der Waals surface area contributed by atoms with E-state index in [1.807, 2.05) is 0 Å². The van der Waals surface area contributed by atoms with Crippen molar-refractivity contribution in [1.29, 1.82) is 0 Å². The van der Waals surface area contributed by atoms with Crippen molar-refractivity contribution < 1.29 is 18.8 Å². The number of carbonyl (C=O) groups is 3. The Hall–Kier alpha value is -1.15. The molecule has 1 N–H and O–H groups in total. The third kappa shape index (κ3) is 2.51. The largest absolute Gasteiger partial charge is 0.467 e. The number of carbonyl (C=O) groups excluding carboxylic acids is 3. The second kappa shape index (κ2) is 6.23. The number of halogens is 2. The fourth-order valence-electron chi connectivity index (χ4n) is 4.61. The van der Waals surface area contributed by atoms with E-state index in [2.05, 4.69) is 37.2 Å². The summed E-state index contributed by atoms with van der Waals surface area (Å²) in [6.07, 6.45) is 2.41. The van der Waals surface area contributed by atoms with Crippen LogP contribution in [-0.4, -0.2) is 38.3 Å². The molecule has 0 aromatic carbocycles. The summed E-state index contributed by atoms with van der Waals surface area (Å²) >= 11 is 7.32. The number of hydrogen-bond acceptors (Lipinski definition) is 4. The van der Waals surface area contributed by atoms with Crippen LogP contribution < -0.4 is 5.32 Å². The molecule has 3 amide bonds. The molecule has 0 radical (unpaired) electrons. The number of nitrogens with one attached hydrogen (secondary N) is 1. The topological polar surface area (TPSA) is 79.6 Å². The maximum atomic E-state index is 12.9. The number of hydrogen-bond donors (Lipinski definition) is 1. The SMILES string of the molecule is C[C@H](C(=O)NCc1ccco1)N1C(=O)[C@H]2[C@@H]3C[C@H]([C@@H](Br)[C@H]3Br)[C@@H]2C1=O. The zero-order valence-corrected chi connectivity index (χ0v) is 16.7. The lowest BCUT2D eigenvalue weighted by atomic mass is 9.81. The Labute approximate surface area is 161 Å². The third-order valence-electron chi connectivity index (χ3n) is 5.80. The Balaban J connectivity index is 1.48. The highest BCUT2D eigenvalue weighted by atomic mass is 79.9. The highest BCUT2D eigenvalue weighted by Gasteiger charge is 2.67. The van der Waals surface area contributed by atoms with Crippen LogP contribution in [0.5, 0.6) is 0 Å². The fourth-order valence-corrected chi connectivity index (χ4v) is 6.48. The van der Waals surface area contributed by atoms with Crippen LogP contribution in [0, 0.1) is 23.7 Å². The van der Waals surface area contributed by atoms with Crippen molar-refractivity contribution in [1.82, 2.24) is 10.2 Å². The molecule has 2 aliphatic carbocycles. The number of amides is 3. The van der Waals surface area contributed by atoms with Gasteiger partial charge in [0.25, 0.3) is 0 Å². The first-order valence-corrected chi connectivity index (χ1v) is 10.2. The third-order valence-corrected chi connectivity index (χ3v) is 9.01. The second-order valence-electron chi connectivity index (χ2n) is 7.02. The van der Waals surface area contributed by atoms with Crippen molar-refractivity contribution in [2.75, 3.05) is 0 Å². The molecule has 1 saturated heterocycles. The highest BCUT2D eigenvalue weighted by molar-refractivity contribution is 9.12. The Morgan fingerprint density at radius 2 is 1.88 bits per heavy atom. The summed E-state index contributed by atoms with van der Waals surface area (Å²) in [6, 6.07) is 2.68. The minimum absolute atomic E-state index is 0.152.